The van der Waals surface area contributed by atoms with Crippen LogP contribution >= 0.6 is 7.37 Å². The molecule has 66 heavy (non-hydrogen) atoms. The molecule has 15 heteroatoms. The molecule has 0 spiro atoms. The highest BCUT2D eigenvalue weighted by molar-refractivity contribution is 7.57. The number of benzene rings is 1. The molecular weight excluding hydrogens is 865 g/mol. The smallest absolute Gasteiger partial charge is 0.410 e. The number of β-amino-alcohol motifs (C(OH)–C–C–N with tert-alkyl or cyclic N) is 1. The predicted molar refractivity (Wildman–Crippen MR) is 246 cm³/mol. The van der Waals surface area contributed by atoms with Gasteiger partial charge in [-0.3, -0.25) is 14.2 Å². The summed E-state index contributed by atoms with van der Waals surface area (Å²) in [5.41, 5.74) is -5.16. The minimum Gasteiger partial charge on any atom is -0.444 e. The number of imidazole rings is 1. The lowest BCUT2D eigenvalue weighted by Gasteiger charge is -2.62. The van der Waals surface area contributed by atoms with Crippen LogP contribution < -0.4 is 9.09 Å². The predicted octanol–water partition coefficient (Wildman–Crippen LogP) is 8.42. The number of Topliss-reactive ketones (excluding diaryl/α,β-unsaturated/α-hetero) is 1. The van der Waals surface area contributed by atoms with Crippen molar-refractivity contribution < 1.29 is 56.9 Å². The first kappa shape index (κ1) is 48.8. The monoisotopic (exact) mass is 936 g/mol. The highest BCUT2D eigenvalue weighted by Gasteiger charge is 2.79. The number of ketones is 2. The summed E-state index contributed by atoms with van der Waals surface area (Å²) in [6.45, 7) is 18.0. The van der Waals surface area contributed by atoms with Crippen LogP contribution in [0.1, 0.15) is 130 Å². The number of rotatable bonds is 11. The summed E-state index contributed by atoms with van der Waals surface area (Å²) in [6, 6.07) is 5.16. The summed E-state index contributed by atoms with van der Waals surface area (Å²) >= 11 is 0. The van der Waals surface area contributed by atoms with Crippen LogP contribution in [0.25, 0.3) is 0 Å². The number of aliphatic hydroxyl groups excluding tert-OH is 2. The molecule has 0 radical (unpaired) electrons. The molecule has 2 aromatic rings. The van der Waals surface area contributed by atoms with Crippen molar-refractivity contribution >= 4 is 25.0 Å². The van der Waals surface area contributed by atoms with Crippen LogP contribution in [-0.2, 0) is 41.5 Å². The number of allylic oxidation sites excluding steroid dienone is 4. The number of alkyl halides is 1. The minimum absolute atomic E-state index is 0.00103. The van der Waals surface area contributed by atoms with E-state index in [1.54, 1.807) is 69.1 Å². The van der Waals surface area contributed by atoms with Crippen molar-refractivity contribution in [2.45, 2.75) is 173 Å². The van der Waals surface area contributed by atoms with Crippen molar-refractivity contribution in [1.29, 1.82) is 0 Å². The maximum Gasteiger partial charge on any atom is 0.410 e. The first-order valence-corrected chi connectivity index (χ1v) is 26.5. The van der Waals surface area contributed by atoms with E-state index in [0.29, 0.717) is 41.7 Å². The molecule has 2 heterocycles. The largest absolute Gasteiger partial charge is 0.444 e. The quantitative estimate of drug-likeness (QED) is 0.166. The number of fused-ring (bicyclic) bond motifs is 7. The first-order valence-electron chi connectivity index (χ1n) is 24.0. The van der Waals surface area contributed by atoms with E-state index in [2.05, 4.69) is 0 Å². The number of carbonyl (C=O) groups is 3. The third-order valence-electron chi connectivity index (χ3n) is 15.8. The minimum atomic E-state index is -3.02. The molecule has 10 atom stereocenters. The summed E-state index contributed by atoms with van der Waals surface area (Å²) in [4.78, 5) is 42.6. The van der Waals surface area contributed by atoms with Crippen molar-refractivity contribution in [3.63, 3.8) is 0 Å². The average Bonchev–Trinajstić information content (AvgIpc) is 3.89. The molecule has 362 valence electrons. The number of aromatic nitrogens is 2. The molecule has 4 saturated carbocycles. The van der Waals surface area contributed by atoms with Crippen LogP contribution in [-0.4, -0.2) is 98.1 Å². The Bertz CT molecular complexity index is 2340. The standard InChI is InChI=1S/C51H72FN3O10P/c1-46(2,3)55(45(60)64-47(4,5)6)29-39(57)33-16-19-40(65-66(9,10)61)34(24-33)28-53-22-23-54(31-53)30-42(59)51-43(62-44(63-51)32-14-12-11-13-15-32)26-38-37-18-17-35-25-36(56)20-21-48(35,7)50(37,52)41(58)27-49(38,51)8/h16,19-25,31-32,37-39,41,43-44,57-58H,11-15,17-18,26-30H2,1-10H3/q+1/t37-,38-,39?,41-,43+,44+,48-,49-,50-,51+/m0/s1. The molecule has 5 fully saturated rings. The van der Waals surface area contributed by atoms with Crippen LogP contribution in [0.3, 0.4) is 0 Å². The van der Waals surface area contributed by atoms with E-state index in [-0.39, 0.29) is 49.5 Å². The molecule has 1 saturated heterocycles. The maximum atomic E-state index is 18.2. The molecule has 6 aliphatic rings. The highest BCUT2D eigenvalue weighted by atomic mass is 31.2. The lowest BCUT2D eigenvalue weighted by atomic mass is 9.44. The second kappa shape index (κ2) is 17.1. The second-order valence-electron chi connectivity index (χ2n) is 22.9. The fraction of sp³-hybridized carbons (Fsp3) is 0.686. The Morgan fingerprint density at radius 2 is 1.79 bits per heavy atom. The van der Waals surface area contributed by atoms with Gasteiger partial charge in [0.2, 0.25) is 19.5 Å². The third kappa shape index (κ3) is 8.58. The van der Waals surface area contributed by atoms with Gasteiger partial charge in [-0.2, -0.15) is 0 Å². The lowest BCUT2D eigenvalue weighted by molar-refractivity contribution is -0.687. The molecule has 1 unspecified atom stereocenters. The van der Waals surface area contributed by atoms with E-state index in [4.69, 9.17) is 18.7 Å². The third-order valence-corrected chi connectivity index (χ3v) is 16.5. The molecule has 1 amide bonds. The summed E-state index contributed by atoms with van der Waals surface area (Å²) in [6.07, 6.45) is 12.3. The summed E-state index contributed by atoms with van der Waals surface area (Å²) in [5.74, 6) is -0.789. The molecule has 1 aromatic carbocycles. The molecule has 0 bridgehead atoms. The molecule has 2 N–H and O–H groups in total. The molecule has 1 aliphatic heterocycles. The first-order chi connectivity index (χ1) is 30.7. The van der Waals surface area contributed by atoms with E-state index in [9.17, 15) is 24.4 Å². The summed E-state index contributed by atoms with van der Waals surface area (Å²) < 4.78 is 60.5. The Labute approximate surface area is 389 Å². The molecular formula is C51H72FN3O10P+. The van der Waals surface area contributed by atoms with Crippen molar-refractivity contribution in [2.24, 2.45) is 28.6 Å². The Hall–Kier alpha value is -3.68. The fourth-order valence-corrected chi connectivity index (χ4v) is 13.3. The number of halogens is 1. The number of ether oxygens (including phenoxy) is 3. The molecule has 13 nitrogen and oxygen atoms in total. The van der Waals surface area contributed by atoms with Crippen molar-refractivity contribution in [3.8, 4) is 5.75 Å². The van der Waals surface area contributed by atoms with Gasteiger partial charge in [0.1, 0.15) is 30.3 Å². The van der Waals surface area contributed by atoms with Gasteiger partial charge in [-0.15, -0.1) is 0 Å². The van der Waals surface area contributed by atoms with Gasteiger partial charge in [0.25, 0.3) is 0 Å². The summed E-state index contributed by atoms with van der Waals surface area (Å²) in [5, 5.41) is 23.8. The number of carbonyl (C=O) groups excluding carboxylic acids is 3. The van der Waals surface area contributed by atoms with E-state index in [1.807, 2.05) is 38.5 Å². The van der Waals surface area contributed by atoms with Gasteiger partial charge >= 0.3 is 6.09 Å². The van der Waals surface area contributed by atoms with E-state index < -0.39 is 77.2 Å². The fourth-order valence-electron chi connectivity index (χ4n) is 12.7. The van der Waals surface area contributed by atoms with Gasteiger partial charge < -0.3 is 33.8 Å². The van der Waals surface area contributed by atoms with E-state index in [1.165, 1.54) is 30.4 Å². The van der Waals surface area contributed by atoms with Crippen molar-refractivity contribution in [1.82, 2.24) is 9.47 Å². The lowest BCUT2D eigenvalue weighted by Crippen LogP contribution is -2.69. The van der Waals surface area contributed by atoms with E-state index >= 15 is 9.18 Å². The van der Waals surface area contributed by atoms with E-state index in [0.717, 1.165) is 32.1 Å². The van der Waals surface area contributed by atoms with Gasteiger partial charge in [0.15, 0.2) is 29.9 Å². The second-order valence-corrected chi connectivity index (χ2v) is 25.6. The van der Waals surface area contributed by atoms with Crippen molar-refractivity contribution in [2.75, 3.05) is 19.9 Å². The normalized spacial score (nSPS) is 33.9. The Morgan fingerprint density at radius 3 is 2.45 bits per heavy atom. The Balaban J connectivity index is 1.07. The van der Waals surface area contributed by atoms with Gasteiger partial charge in [-0.1, -0.05) is 43.9 Å². The van der Waals surface area contributed by atoms with Crippen LogP contribution in [0.5, 0.6) is 5.75 Å². The van der Waals surface area contributed by atoms with Gasteiger partial charge in [0.05, 0.1) is 24.9 Å². The average molecular weight is 937 g/mol. The zero-order valence-electron chi connectivity index (χ0n) is 40.6. The highest BCUT2D eigenvalue weighted by Crippen LogP contribution is 2.72. The molecule has 1 aromatic heterocycles. The van der Waals surface area contributed by atoms with Crippen LogP contribution in [0.15, 0.2) is 60.7 Å². The number of nitrogens with zero attached hydrogens (tertiary/aromatic N) is 3. The Kier molecular flexibility index (Phi) is 12.6. The van der Waals surface area contributed by atoms with Crippen LogP contribution in [0.2, 0.25) is 0 Å². The topological polar surface area (TPSA) is 158 Å². The maximum absolute atomic E-state index is 18.2. The SMILES string of the molecule is CC(C)(C)OC(=O)N(CC(O)c1ccc(OP(C)(C)=O)c(C[n+]2ccn(CC(=O)[C@@]34O[C@H](C5CCCCC5)O[C@@H]3C[C@H]3[C@@H]5CCC6=CC(=O)C=C[C@]6(C)[C@@]5(F)[C@@H](O)C[C@@]34C)c2)c1)C(C)(C)C. The number of hydrogen-bond donors (Lipinski definition) is 2. The Morgan fingerprint density at radius 1 is 1.08 bits per heavy atom. The van der Waals surface area contributed by atoms with Gasteiger partial charge in [-0.25, -0.2) is 18.3 Å². The number of aliphatic hydroxyl groups is 2. The molecule has 8 rings (SSSR count). The van der Waals surface area contributed by atoms with Gasteiger partial charge in [-0.05, 0) is 123 Å². The van der Waals surface area contributed by atoms with Crippen LogP contribution in [0, 0.1) is 28.6 Å². The van der Waals surface area contributed by atoms with Crippen molar-refractivity contribution in [3.05, 3.63) is 71.8 Å². The number of amides is 1. The number of hydrogen-bond acceptors (Lipinski definition) is 10. The summed E-state index contributed by atoms with van der Waals surface area (Å²) in [7, 11) is -3.02. The molecule has 5 aliphatic carbocycles. The van der Waals surface area contributed by atoms with Crippen LogP contribution in [0.4, 0.5) is 9.18 Å². The van der Waals surface area contributed by atoms with Gasteiger partial charge in [0, 0.05) is 47.1 Å². The zero-order valence-corrected chi connectivity index (χ0v) is 41.4. The zero-order chi connectivity index (χ0) is 48.0.